The first-order valence-electron chi connectivity index (χ1n) is 9.55. The zero-order valence-electron chi connectivity index (χ0n) is 16.7. The number of ether oxygens (including phenoxy) is 1. The van der Waals surface area contributed by atoms with E-state index >= 15 is 0 Å². The standard InChI is InChI=1S/C20H21ClFN5O3/c1-20(2,3)30-19(29)25-15(10-4-5-10)17-24-16-12(8-11(22)9-13(16)21)18(28)27(17)14-6-7-23-26-14/h6-10,15H,4-5H2,1-3H3,(H,23,26)(H,25,29)/t15-/m0/s1. The SMILES string of the molecule is CC(C)(C)OC(=O)N[C@H](c1nc2c(Cl)cc(F)cc2c(=O)n1-c1ccn[nH]1)C1CC1. The van der Waals surface area contributed by atoms with E-state index in [0.29, 0.717) is 5.82 Å². The molecule has 1 aromatic carbocycles. The zero-order valence-corrected chi connectivity index (χ0v) is 17.5. The van der Waals surface area contributed by atoms with E-state index in [4.69, 9.17) is 16.3 Å². The Hall–Kier alpha value is -2.94. The summed E-state index contributed by atoms with van der Waals surface area (Å²) in [6.07, 6.45) is 2.58. The largest absolute Gasteiger partial charge is 0.444 e. The van der Waals surface area contributed by atoms with Gasteiger partial charge in [0, 0.05) is 6.07 Å². The Bertz CT molecular complexity index is 1170. The molecule has 0 radical (unpaired) electrons. The number of rotatable bonds is 4. The lowest BCUT2D eigenvalue weighted by atomic mass is 10.1. The van der Waals surface area contributed by atoms with Crippen molar-refractivity contribution in [3.63, 3.8) is 0 Å². The summed E-state index contributed by atoms with van der Waals surface area (Å²) < 4.78 is 20.6. The molecule has 3 aromatic rings. The van der Waals surface area contributed by atoms with Gasteiger partial charge in [-0.05, 0) is 51.7 Å². The number of aromatic amines is 1. The normalized spacial score (nSPS) is 15.2. The number of amides is 1. The highest BCUT2D eigenvalue weighted by molar-refractivity contribution is 6.35. The van der Waals surface area contributed by atoms with Crippen LogP contribution in [-0.4, -0.2) is 31.4 Å². The molecule has 1 aliphatic carbocycles. The van der Waals surface area contributed by atoms with Crippen LogP contribution in [0.25, 0.3) is 16.7 Å². The van der Waals surface area contributed by atoms with Crippen LogP contribution in [0.2, 0.25) is 5.02 Å². The van der Waals surface area contributed by atoms with Crippen molar-refractivity contribution in [2.24, 2.45) is 5.92 Å². The molecule has 1 amide bonds. The van der Waals surface area contributed by atoms with Crippen LogP contribution in [0, 0.1) is 11.7 Å². The molecular weight excluding hydrogens is 413 g/mol. The summed E-state index contributed by atoms with van der Waals surface area (Å²) in [4.78, 5) is 30.4. The van der Waals surface area contributed by atoms with Gasteiger partial charge >= 0.3 is 6.09 Å². The molecule has 1 fully saturated rings. The predicted molar refractivity (Wildman–Crippen MR) is 109 cm³/mol. The number of alkyl carbamates (subject to hydrolysis) is 1. The number of H-pyrrole nitrogens is 1. The number of hydrogen-bond donors (Lipinski definition) is 2. The topological polar surface area (TPSA) is 102 Å². The highest BCUT2D eigenvalue weighted by atomic mass is 35.5. The summed E-state index contributed by atoms with van der Waals surface area (Å²) in [5.74, 6) is 0.0660. The minimum Gasteiger partial charge on any atom is -0.444 e. The maximum absolute atomic E-state index is 13.9. The number of benzene rings is 1. The van der Waals surface area contributed by atoms with E-state index in [1.807, 2.05) is 0 Å². The fourth-order valence-corrected chi connectivity index (χ4v) is 3.55. The third-order valence-electron chi connectivity index (χ3n) is 4.69. The molecule has 2 aromatic heterocycles. The minimum atomic E-state index is -0.682. The van der Waals surface area contributed by atoms with Gasteiger partial charge in [-0.2, -0.15) is 5.10 Å². The van der Waals surface area contributed by atoms with E-state index in [1.54, 1.807) is 26.8 Å². The second-order valence-electron chi connectivity index (χ2n) is 8.30. The van der Waals surface area contributed by atoms with Gasteiger partial charge in [0.05, 0.1) is 28.2 Å². The molecule has 1 atom stereocenters. The molecule has 8 nitrogen and oxygen atoms in total. The highest BCUT2D eigenvalue weighted by Crippen LogP contribution is 2.41. The summed E-state index contributed by atoms with van der Waals surface area (Å²) in [5, 5.41) is 9.53. The molecule has 2 N–H and O–H groups in total. The Morgan fingerprint density at radius 3 is 2.73 bits per heavy atom. The number of carbonyl (C=O) groups excluding carboxylic acids is 1. The zero-order chi connectivity index (χ0) is 21.6. The van der Waals surface area contributed by atoms with Crippen molar-refractivity contribution >= 4 is 28.6 Å². The van der Waals surface area contributed by atoms with Gasteiger partial charge in [-0.25, -0.2) is 18.7 Å². The van der Waals surface area contributed by atoms with Gasteiger partial charge in [-0.1, -0.05) is 11.6 Å². The molecule has 4 rings (SSSR count). The summed E-state index contributed by atoms with van der Waals surface area (Å²) in [7, 11) is 0. The molecule has 1 saturated carbocycles. The van der Waals surface area contributed by atoms with Gasteiger partial charge in [-0.3, -0.25) is 9.89 Å². The predicted octanol–water partition coefficient (Wildman–Crippen LogP) is 3.88. The van der Waals surface area contributed by atoms with E-state index in [0.717, 1.165) is 25.0 Å². The van der Waals surface area contributed by atoms with Crippen molar-refractivity contribution in [3.05, 3.63) is 51.4 Å². The number of carbonyl (C=O) groups is 1. The summed E-state index contributed by atoms with van der Waals surface area (Å²) in [6.45, 7) is 5.30. The molecule has 1 aliphatic rings. The second-order valence-corrected chi connectivity index (χ2v) is 8.70. The first kappa shape index (κ1) is 20.3. The fraction of sp³-hybridized carbons (Fsp3) is 0.400. The number of nitrogens with one attached hydrogen (secondary N) is 2. The molecule has 0 bridgehead atoms. The van der Waals surface area contributed by atoms with Crippen LogP contribution < -0.4 is 10.9 Å². The van der Waals surface area contributed by atoms with E-state index in [-0.39, 0.29) is 27.7 Å². The monoisotopic (exact) mass is 433 g/mol. The lowest BCUT2D eigenvalue weighted by molar-refractivity contribution is 0.0493. The molecule has 2 heterocycles. The molecule has 30 heavy (non-hydrogen) atoms. The van der Waals surface area contributed by atoms with Crippen LogP contribution in [0.1, 0.15) is 45.5 Å². The van der Waals surface area contributed by atoms with Gasteiger partial charge in [0.15, 0.2) is 0 Å². The highest BCUT2D eigenvalue weighted by Gasteiger charge is 2.38. The van der Waals surface area contributed by atoms with Crippen LogP contribution in [0.4, 0.5) is 9.18 Å². The summed E-state index contributed by atoms with van der Waals surface area (Å²) in [6, 6.07) is 3.20. The average molecular weight is 434 g/mol. The lowest BCUT2D eigenvalue weighted by Crippen LogP contribution is -2.39. The summed E-state index contributed by atoms with van der Waals surface area (Å²) in [5.41, 5.74) is -1.03. The van der Waals surface area contributed by atoms with Crippen molar-refractivity contribution in [1.82, 2.24) is 25.1 Å². The number of hydrogen-bond acceptors (Lipinski definition) is 5. The molecular formula is C20H21ClFN5O3. The number of halogens is 2. The molecule has 10 heteroatoms. The fourth-order valence-electron chi connectivity index (χ4n) is 3.30. The first-order chi connectivity index (χ1) is 14.1. The number of aromatic nitrogens is 4. The van der Waals surface area contributed by atoms with Gasteiger partial charge in [0.2, 0.25) is 0 Å². The van der Waals surface area contributed by atoms with Crippen molar-refractivity contribution in [3.8, 4) is 5.82 Å². The lowest BCUT2D eigenvalue weighted by Gasteiger charge is -2.25. The number of nitrogens with zero attached hydrogens (tertiary/aromatic N) is 3. The quantitative estimate of drug-likeness (QED) is 0.650. The van der Waals surface area contributed by atoms with Gasteiger partial charge in [0.25, 0.3) is 5.56 Å². The maximum Gasteiger partial charge on any atom is 0.408 e. The Kier molecular flexibility index (Phi) is 5.01. The Labute approximate surface area is 176 Å². The van der Waals surface area contributed by atoms with Crippen molar-refractivity contribution in [2.45, 2.75) is 45.3 Å². The Morgan fingerprint density at radius 2 is 2.13 bits per heavy atom. The van der Waals surface area contributed by atoms with E-state index < -0.39 is 29.1 Å². The second kappa shape index (κ2) is 7.39. The van der Waals surface area contributed by atoms with E-state index in [1.165, 1.54) is 10.8 Å². The Morgan fingerprint density at radius 1 is 1.40 bits per heavy atom. The van der Waals surface area contributed by atoms with Gasteiger partial charge < -0.3 is 10.1 Å². The Balaban J connectivity index is 1.90. The van der Waals surface area contributed by atoms with Crippen LogP contribution in [-0.2, 0) is 4.74 Å². The third-order valence-corrected chi connectivity index (χ3v) is 4.98. The maximum atomic E-state index is 13.9. The van der Waals surface area contributed by atoms with Crippen LogP contribution >= 0.6 is 11.6 Å². The number of fused-ring (bicyclic) bond motifs is 1. The molecule has 0 spiro atoms. The molecule has 0 aliphatic heterocycles. The molecule has 158 valence electrons. The van der Waals surface area contributed by atoms with Crippen LogP contribution in [0.3, 0.4) is 0 Å². The minimum absolute atomic E-state index is 0.0203. The van der Waals surface area contributed by atoms with Crippen LogP contribution in [0.15, 0.2) is 29.2 Å². The van der Waals surface area contributed by atoms with E-state index in [2.05, 4.69) is 20.5 Å². The molecule has 0 unspecified atom stereocenters. The molecule has 0 saturated heterocycles. The van der Waals surface area contributed by atoms with Crippen molar-refractivity contribution < 1.29 is 13.9 Å². The van der Waals surface area contributed by atoms with Gasteiger partial charge in [0.1, 0.15) is 23.1 Å². The van der Waals surface area contributed by atoms with Crippen molar-refractivity contribution in [1.29, 1.82) is 0 Å². The van der Waals surface area contributed by atoms with Crippen LogP contribution in [0.5, 0.6) is 0 Å². The van der Waals surface area contributed by atoms with E-state index in [9.17, 15) is 14.0 Å². The smallest absolute Gasteiger partial charge is 0.408 e. The average Bonchev–Trinajstić information content (AvgIpc) is 3.33. The summed E-state index contributed by atoms with van der Waals surface area (Å²) >= 11 is 6.19. The van der Waals surface area contributed by atoms with Crippen molar-refractivity contribution in [2.75, 3.05) is 0 Å². The van der Waals surface area contributed by atoms with Gasteiger partial charge in [-0.15, -0.1) is 0 Å². The first-order valence-corrected chi connectivity index (χ1v) is 9.93. The third kappa shape index (κ3) is 4.02.